The number of aliphatic imine (C=N–C) groups is 1. The number of rotatable bonds is 8. The minimum atomic E-state index is -4.86. The molecule has 31 heavy (non-hydrogen) atoms. The van der Waals surface area contributed by atoms with Crippen LogP contribution < -0.4 is 10.6 Å². The first-order valence-electron chi connectivity index (χ1n) is 11.1. The second kappa shape index (κ2) is 9.36. The van der Waals surface area contributed by atoms with E-state index in [1.54, 1.807) is 0 Å². The van der Waals surface area contributed by atoms with Crippen molar-refractivity contribution < 1.29 is 23.0 Å². The smallest absolute Gasteiger partial charge is 0.378 e. The number of guanidine groups is 1. The SMILES string of the molecule is CCNC(=NCCC(O)(c1nccn1C)C(F)(F)F)NC1CC(OCC)C12CCCC2. The minimum Gasteiger partial charge on any atom is -0.378 e. The van der Waals surface area contributed by atoms with Crippen LogP contribution in [0.15, 0.2) is 17.4 Å². The van der Waals surface area contributed by atoms with Gasteiger partial charge >= 0.3 is 6.18 Å². The van der Waals surface area contributed by atoms with Crippen LogP contribution >= 0.6 is 0 Å². The van der Waals surface area contributed by atoms with Crippen LogP contribution in [0.1, 0.15) is 58.2 Å². The quantitative estimate of drug-likeness (QED) is 0.423. The van der Waals surface area contributed by atoms with E-state index in [2.05, 4.69) is 20.6 Å². The first-order valence-corrected chi connectivity index (χ1v) is 11.1. The van der Waals surface area contributed by atoms with Crippen LogP contribution in [-0.2, 0) is 17.4 Å². The van der Waals surface area contributed by atoms with Gasteiger partial charge in [0.05, 0.1) is 6.10 Å². The highest BCUT2D eigenvalue weighted by molar-refractivity contribution is 5.80. The van der Waals surface area contributed by atoms with Gasteiger partial charge in [-0.05, 0) is 33.1 Å². The zero-order chi connectivity index (χ0) is 22.7. The van der Waals surface area contributed by atoms with Gasteiger partial charge in [0.1, 0.15) is 5.82 Å². The third-order valence-electron chi connectivity index (χ3n) is 6.75. The number of nitrogens with one attached hydrogen (secondary N) is 2. The Hall–Kier alpha value is -1.81. The zero-order valence-corrected chi connectivity index (χ0v) is 18.5. The Morgan fingerprint density at radius 3 is 2.61 bits per heavy atom. The molecule has 1 aromatic rings. The Balaban J connectivity index is 1.70. The van der Waals surface area contributed by atoms with E-state index >= 15 is 0 Å². The summed E-state index contributed by atoms with van der Waals surface area (Å²) in [6.45, 7) is 4.97. The second-order valence-electron chi connectivity index (χ2n) is 8.55. The highest BCUT2D eigenvalue weighted by Crippen LogP contribution is 2.54. The lowest BCUT2D eigenvalue weighted by Crippen LogP contribution is -2.65. The number of imidazole rings is 1. The summed E-state index contributed by atoms with van der Waals surface area (Å²) in [6, 6.07) is 0.181. The highest BCUT2D eigenvalue weighted by Gasteiger charge is 2.58. The maximum Gasteiger partial charge on any atom is 0.424 e. The predicted octanol–water partition coefficient (Wildman–Crippen LogP) is 2.85. The second-order valence-corrected chi connectivity index (χ2v) is 8.55. The van der Waals surface area contributed by atoms with Gasteiger partial charge in [-0.3, -0.25) is 4.99 Å². The fourth-order valence-electron chi connectivity index (χ4n) is 5.05. The Bertz CT molecular complexity index is 760. The van der Waals surface area contributed by atoms with Crippen LogP contribution in [0.5, 0.6) is 0 Å². The molecular formula is C21H34F3N5O2. The lowest BCUT2D eigenvalue weighted by Gasteiger charge is -2.54. The molecule has 0 bridgehead atoms. The number of aliphatic hydroxyl groups is 1. The van der Waals surface area contributed by atoms with E-state index in [-0.39, 0.29) is 24.1 Å². The van der Waals surface area contributed by atoms with E-state index < -0.39 is 24.0 Å². The van der Waals surface area contributed by atoms with Crippen LogP contribution in [0.25, 0.3) is 0 Å². The maximum atomic E-state index is 13.7. The molecule has 7 nitrogen and oxygen atoms in total. The molecule has 3 rings (SSSR count). The van der Waals surface area contributed by atoms with E-state index in [0.717, 1.165) is 32.1 Å². The van der Waals surface area contributed by atoms with Gasteiger partial charge in [-0.2, -0.15) is 13.2 Å². The normalized spacial score (nSPS) is 25.3. The van der Waals surface area contributed by atoms with Gasteiger partial charge in [-0.15, -0.1) is 0 Å². The van der Waals surface area contributed by atoms with Gasteiger partial charge in [0.15, 0.2) is 5.96 Å². The van der Waals surface area contributed by atoms with E-state index in [9.17, 15) is 18.3 Å². The fraction of sp³-hybridized carbons (Fsp3) is 0.810. The third kappa shape index (κ3) is 4.55. The van der Waals surface area contributed by atoms with Crippen molar-refractivity contribution in [3.05, 3.63) is 18.2 Å². The lowest BCUT2D eigenvalue weighted by atomic mass is 9.60. The molecule has 3 atom stereocenters. The Kier molecular flexibility index (Phi) is 7.20. The molecule has 3 unspecified atom stereocenters. The van der Waals surface area contributed by atoms with Crippen molar-refractivity contribution in [1.82, 2.24) is 20.2 Å². The van der Waals surface area contributed by atoms with Gasteiger partial charge in [-0.25, -0.2) is 4.98 Å². The number of hydrogen-bond donors (Lipinski definition) is 3. The summed E-state index contributed by atoms with van der Waals surface area (Å²) in [5, 5.41) is 17.0. The first kappa shape index (κ1) is 23.8. The number of hydrogen-bond acceptors (Lipinski definition) is 4. The summed E-state index contributed by atoms with van der Waals surface area (Å²) in [4.78, 5) is 8.09. The van der Waals surface area contributed by atoms with Crippen LogP contribution in [-0.4, -0.2) is 58.6 Å². The summed E-state index contributed by atoms with van der Waals surface area (Å²) in [7, 11) is 1.43. The van der Waals surface area contributed by atoms with E-state index in [4.69, 9.17) is 4.74 Å². The molecule has 1 spiro atoms. The first-order chi connectivity index (χ1) is 14.7. The van der Waals surface area contributed by atoms with Crippen molar-refractivity contribution in [2.24, 2.45) is 17.5 Å². The number of halogens is 3. The summed E-state index contributed by atoms with van der Waals surface area (Å²) in [6.07, 6.45) is 2.73. The van der Waals surface area contributed by atoms with Crippen molar-refractivity contribution in [2.45, 2.75) is 76.3 Å². The monoisotopic (exact) mass is 445 g/mol. The Labute approximate surface area is 181 Å². The molecular weight excluding hydrogens is 411 g/mol. The average Bonchev–Trinajstić information content (AvgIpc) is 3.37. The zero-order valence-electron chi connectivity index (χ0n) is 18.5. The number of aryl methyl sites for hydroxylation is 1. The number of nitrogens with zero attached hydrogens (tertiary/aromatic N) is 3. The van der Waals surface area contributed by atoms with Gasteiger partial charge in [0.25, 0.3) is 0 Å². The third-order valence-corrected chi connectivity index (χ3v) is 6.75. The number of alkyl halides is 3. The summed E-state index contributed by atoms with van der Waals surface area (Å²) < 4.78 is 48.3. The molecule has 3 N–H and O–H groups in total. The molecule has 176 valence electrons. The van der Waals surface area contributed by atoms with Gasteiger partial charge in [-0.1, -0.05) is 12.8 Å². The molecule has 0 aromatic carbocycles. The summed E-state index contributed by atoms with van der Waals surface area (Å²) in [5.74, 6) is 0.0368. The summed E-state index contributed by atoms with van der Waals surface area (Å²) >= 11 is 0. The minimum absolute atomic E-state index is 0.0753. The maximum absolute atomic E-state index is 13.7. The molecule has 2 aliphatic carbocycles. The number of aromatic nitrogens is 2. The van der Waals surface area contributed by atoms with E-state index in [0.29, 0.717) is 19.1 Å². The van der Waals surface area contributed by atoms with Crippen molar-refractivity contribution in [3.8, 4) is 0 Å². The van der Waals surface area contributed by atoms with E-state index in [1.807, 2.05) is 13.8 Å². The molecule has 0 aliphatic heterocycles. The van der Waals surface area contributed by atoms with Gasteiger partial charge < -0.3 is 25.0 Å². The lowest BCUT2D eigenvalue weighted by molar-refractivity contribution is -0.272. The number of ether oxygens (including phenoxy) is 1. The van der Waals surface area contributed by atoms with Gasteiger partial charge in [0, 0.05) is 57.0 Å². The molecule has 10 heteroatoms. The molecule has 0 amide bonds. The average molecular weight is 446 g/mol. The Morgan fingerprint density at radius 2 is 2.06 bits per heavy atom. The highest BCUT2D eigenvalue weighted by atomic mass is 19.4. The molecule has 2 saturated carbocycles. The van der Waals surface area contributed by atoms with Crippen LogP contribution in [0, 0.1) is 5.41 Å². The van der Waals surface area contributed by atoms with Gasteiger partial charge in [0.2, 0.25) is 5.60 Å². The van der Waals surface area contributed by atoms with Crippen molar-refractivity contribution >= 4 is 5.96 Å². The molecule has 0 saturated heterocycles. The standard InChI is InChI=1S/C21H34F3N5O2/c1-4-25-18(28-15-14-16(31-5-2)19(15)8-6-7-9-19)27-11-10-20(30,21(22,23)24)17-26-12-13-29(17)3/h12-13,15-16,30H,4-11,14H2,1-3H3,(H2,25,27,28). The largest absolute Gasteiger partial charge is 0.424 e. The topological polar surface area (TPSA) is 83.7 Å². The molecule has 2 aliphatic rings. The van der Waals surface area contributed by atoms with Crippen LogP contribution in [0.3, 0.4) is 0 Å². The fourth-order valence-corrected chi connectivity index (χ4v) is 5.05. The van der Waals surface area contributed by atoms with Crippen LogP contribution in [0.4, 0.5) is 13.2 Å². The van der Waals surface area contributed by atoms with Crippen LogP contribution in [0.2, 0.25) is 0 Å². The summed E-state index contributed by atoms with van der Waals surface area (Å²) in [5.41, 5.74) is -2.98. The molecule has 2 fully saturated rings. The predicted molar refractivity (Wildman–Crippen MR) is 112 cm³/mol. The Morgan fingerprint density at radius 1 is 1.35 bits per heavy atom. The van der Waals surface area contributed by atoms with Crippen molar-refractivity contribution in [1.29, 1.82) is 0 Å². The van der Waals surface area contributed by atoms with Crippen molar-refractivity contribution in [2.75, 3.05) is 19.7 Å². The molecule has 1 heterocycles. The molecule has 1 aromatic heterocycles. The van der Waals surface area contributed by atoms with E-state index in [1.165, 1.54) is 24.0 Å². The molecule has 0 radical (unpaired) electrons. The van der Waals surface area contributed by atoms with Crippen molar-refractivity contribution in [3.63, 3.8) is 0 Å².